The lowest BCUT2D eigenvalue weighted by molar-refractivity contribution is -0.113. The van der Waals surface area contributed by atoms with Gasteiger partial charge in [0.2, 0.25) is 15.9 Å². The number of anilines is 1. The van der Waals surface area contributed by atoms with E-state index in [9.17, 15) is 18.0 Å². The molecular formula is C16H23N3O4S. The second-order valence-electron chi connectivity index (χ2n) is 5.46. The molecule has 24 heavy (non-hydrogen) atoms. The summed E-state index contributed by atoms with van der Waals surface area (Å²) in [7, 11) is 1.43. The standard InChI is InChI=1S/C16H23N3O4S/c1-6-15(20)19(4)14-9-7-13(8-10-14)16(21)17(2)11-12-18(3)24(5,22)23/h6-10H,1,11-12H2,2-5H3. The Morgan fingerprint density at radius 1 is 1.08 bits per heavy atom. The molecule has 0 heterocycles. The normalized spacial score (nSPS) is 11.2. The van der Waals surface area contributed by atoms with E-state index in [4.69, 9.17) is 0 Å². The van der Waals surface area contributed by atoms with Gasteiger partial charge in [0.05, 0.1) is 6.26 Å². The first kappa shape index (κ1) is 19.9. The number of hydrogen-bond acceptors (Lipinski definition) is 4. The molecule has 8 heteroatoms. The summed E-state index contributed by atoms with van der Waals surface area (Å²) < 4.78 is 23.9. The van der Waals surface area contributed by atoms with E-state index in [1.54, 1.807) is 38.4 Å². The fourth-order valence-corrected chi connectivity index (χ4v) is 2.28. The number of amides is 2. The Hall–Kier alpha value is -2.19. The third-order valence-corrected chi connectivity index (χ3v) is 4.98. The van der Waals surface area contributed by atoms with Gasteiger partial charge in [-0.1, -0.05) is 6.58 Å². The molecule has 0 radical (unpaired) electrons. The average molecular weight is 353 g/mol. The van der Waals surface area contributed by atoms with Crippen molar-refractivity contribution in [1.82, 2.24) is 9.21 Å². The monoisotopic (exact) mass is 353 g/mol. The molecule has 0 aliphatic heterocycles. The van der Waals surface area contributed by atoms with E-state index in [2.05, 4.69) is 6.58 Å². The fraction of sp³-hybridized carbons (Fsp3) is 0.375. The first-order valence-corrected chi connectivity index (χ1v) is 9.09. The second kappa shape index (κ2) is 8.07. The molecule has 132 valence electrons. The summed E-state index contributed by atoms with van der Waals surface area (Å²) in [6.07, 6.45) is 2.33. The lowest BCUT2D eigenvalue weighted by Gasteiger charge is -2.21. The Bertz CT molecular complexity index is 713. The topological polar surface area (TPSA) is 78.0 Å². The smallest absolute Gasteiger partial charge is 0.253 e. The third-order valence-electron chi connectivity index (χ3n) is 3.67. The van der Waals surface area contributed by atoms with Crippen molar-refractivity contribution in [1.29, 1.82) is 0 Å². The number of benzene rings is 1. The highest BCUT2D eigenvalue weighted by Crippen LogP contribution is 2.15. The van der Waals surface area contributed by atoms with Gasteiger partial charge in [-0.05, 0) is 30.3 Å². The molecule has 1 aromatic carbocycles. The fourth-order valence-electron chi connectivity index (χ4n) is 1.87. The van der Waals surface area contributed by atoms with Gasteiger partial charge in [-0.2, -0.15) is 0 Å². The molecular weight excluding hydrogens is 330 g/mol. The summed E-state index contributed by atoms with van der Waals surface area (Å²) in [5.41, 5.74) is 1.11. The minimum atomic E-state index is -3.26. The van der Waals surface area contributed by atoms with Crippen LogP contribution < -0.4 is 4.90 Å². The Morgan fingerprint density at radius 2 is 1.62 bits per heavy atom. The molecule has 7 nitrogen and oxygen atoms in total. The third kappa shape index (κ3) is 5.17. The zero-order valence-electron chi connectivity index (χ0n) is 14.4. The van der Waals surface area contributed by atoms with Crippen LogP contribution in [-0.4, -0.2) is 69.9 Å². The molecule has 0 saturated carbocycles. The van der Waals surface area contributed by atoms with Crippen molar-refractivity contribution in [2.24, 2.45) is 0 Å². The highest BCUT2D eigenvalue weighted by atomic mass is 32.2. The summed E-state index contributed by atoms with van der Waals surface area (Å²) in [4.78, 5) is 26.8. The number of hydrogen-bond donors (Lipinski definition) is 0. The maximum Gasteiger partial charge on any atom is 0.253 e. The van der Waals surface area contributed by atoms with Crippen LogP contribution in [0.5, 0.6) is 0 Å². The van der Waals surface area contributed by atoms with Crippen LogP contribution in [0.4, 0.5) is 5.69 Å². The van der Waals surface area contributed by atoms with Gasteiger partial charge in [0.15, 0.2) is 0 Å². The molecule has 0 atom stereocenters. The van der Waals surface area contributed by atoms with Gasteiger partial charge < -0.3 is 9.80 Å². The number of carbonyl (C=O) groups is 2. The van der Waals surface area contributed by atoms with Gasteiger partial charge >= 0.3 is 0 Å². The van der Waals surface area contributed by atoms with Gasteiger partial charge in [-0.15, -0.1) is 0 Å². The molecule has 0 N–H and O–H groups in total. The zero-order chi connectivity index (χ0) is 18.5. The van der Waals surface area contributed by atoms with E-state index in [1.165, 1.54) is 27.2 Å². The number of nitrogens with zero attached hydrogens (tertiary/aromatic N) is 3. The highest BCUT2D eigenvalue weighted by molar-refractivity contribution is 7.88. The SMILES string of the molecule is C=CC(=O)N(C)c1ccc(C(=O)N(C)CCN(C)S(C)(=O)=O)cc1. The van der Waals surface area contributed by atoms with Crippen molar-refractivity contribution in [2.45, 2.75) is 0 Å². The van der Waals surface area contributed by atoms with Gasteiger partial charge in [-0.3, -0.25) is 9.59 Å². The Kier molecular flexibility index (Phi) is 6.68. The molecule has 0 unspecified atom stereocenters. The second-order valence-corrected chi connectivity index (χ2v) is 7.55. The van der Waals surface area contributed by atoms with Crippen LogP contribution in [-0.2, 0) is 14.8 Å². The van der Waals surface area contributed by atoms with Crippen LogP contribution in [0.25, 0.3) is 0 Å². The first-order chi connectivity index (χ1) is 11.1. The van der Waals surface area contributed by atoms with Crippen LogP contribution >= 0.6 is 0 Å². The van der Waals surface area contributed by atoms with Crippen molar-refractivity contribution in [3.63, 3.8) is 0 Å². The van der Waals surface area contributed by atoms with Crippen LogP contribution in [0.2, 0.25) is 0 Å². The summed E-state index contributed by atoms with van der Waals surface area (Å²) in [5, 5.41) is 0. The average Bonchev–Trinajstić information content (AvgIpc) is 2.56. The zero-order valence-corrected chi connectivity index (χ0v) is 15.2. The van der Waals surface area contributed by atoms with Crippen molar-refractivity contribution in [3.05, 3.63) is 42.5 Å². The molecule has 0 saturated heterocycles. The molecule has 0 fully saturated rings. The van der Waals surface area contributed by atoms with Gasteiger partial charge in [0.25, 0.3) is 5.91 Å². The molecule has 0 aliphatic carbocycles. The summed E-state index contributed by atoms with van der Waals surface area (Å²) >= 11 is 0. The minimum Gasteiger partial charge on any atom is -0.340 e. The van der Waals surface area contributed by atoms with Crippen LogP contribution in [0.3, 0.4) is 0 Å². The lowest BCUT2D eigenvalue weighted by Crippen LogP contribution is -2.36. The largest absolute Gasteiger partial charge is 0.340 e. The predicted molar refractivity (Wildman–Crippen MR) is 94.5 cm³/mol. The van der Waals surface area contributed by atoms with Crippen molar-refractivity contribution in [3.8, 4) is 0 Å². The first-order valence-electron chi connectivity index (χ1n) is 7.25. The van der Waals surface area contributed by atoms with E-state index in [-0.39, 0.29) is 24.9 Å². The van der Waals surface area contributed by atoms with Gasteiger partial charge in [0, 0.05) is 45.5 Å². The molecule has 1 aromatic rings. The Balaban J connectivity index is 2.74. The van der Waals surface area contributed by atoms with E-state index >= 15 is 0 Å². The van der Waals surface area contributed by atoms with Crippen LogP contribution in [0.1, 0.15) is 10.4 Å². The van der Waals surface area contributed by atoms with Crippen molar-refractivity contribution in [2.75, 3.05) is 45.4 Å². The summed E-state index contributed by atoms with van der Waals surface area (Å²) in [6.45, 7) is 3.92. The highest BCUT2D eigenvalue weighted by Gasteiger charge is 2.16. The van der Waals surface area contributed by atoms with Crippen LogP contribution in [0, 0.1) is 0 Å². The number of sulfonamides is 1. The van der Waals surface area contributed by atoms with Gasteiger partial charge in [-0.25, -0.2) is 12.7 Å². The molecule has 0 spiro atoms. The van der Waals surface area contributed by atoms with Gasteiger partial charge in [0.1, 0.15) is 0 Å². The van der Waals surface area contributed by atoms with E-state index in [0.29, 0.717) is 11.3 Å². The predicted octanol–water partition coefficient (Wildman–Crippen LogP) is 0.799. The van der Waals surface area contributed by atoms with E-state index in [1.807, 2.05) is 0 Å². The Morgan fingerprint density at radius 3 is 2.08 bits per heavy atom. The van der Waals surface area contributed by atoms with Crippen molar-refractivity contribution >= 4 is 27.5 Å². The molecule has 0 aromatic heterocycles. The maximum atomic E-state index is 12.3. The summed E-state index contributed by atoms with van der Waals surface area (Å²) in [5.74, 6) is -0.462. The molecule has 1 rings (SSSR count). The minimum absolute atomic E-state index is 0.218. The number of carbonyl (C=O) groups excluding carboxylic acids is 2. The van der Waals surface area contributed by atoms with E-state index < -0.39 is 10.0 Å². The lowest BCUT2D eigenvalue weighted by atomic mass is 10.1. The molecule has 0 aliphatic rings. The maximum absolute atomic E-state index is 12.3. The summed E-state index contributed by atoms with van der Waals surface area (Å²) in [6, 6.07) is 6.60. The van der Waals surface area contributed by atoms with Crippen LogP contribution in [0.15, 0.2) is 36.9 Å². The van der Waals surface area contributed by atoms with E-state index in [0.717, 1.165) is 6.26 Å². The molecule has 2 amide bonds. The quantitative estimate of drug-likeness (QED) is 0.679. The van der Waals surface area contributed by atoms with Crippen molar-refractivity contribution < 1.29 is 18.0 Å². The number of rotatable bonds is 7. The number of likely N-dealkylation sites (N-methyl/N-ethyl adjacent to an activating group) is 3. The molecule has 0 bridgehead atoms. The Labute approximate surface area is 143 Å².